The minimum absolute atomic E-state index is 0.0520. The molecule has 3 heterocycles. The van der Waals surface area contributed by atoms with Gasteiger partial charge in [-0.2, -0.15) is 0 Å². The number of nitrogens with zero attached hydrogens (tertiary/aromatic N) is 1. The number of carbonyl (C=O) groups is 1. The molecule has 2 aliphatic rings. The quantitative estimate of drug-likeness (QED) is 0.913. The molecule has 1 fully saturated rings. The topological polar surface area (TPSA) is 63.9 Å². The van der Waals surface area contributed by atoms with Crippen molar-refractivity contribution in [1.29, 1.82) is 0 Å². The Bertz CT molecular complexity index is 736. The minimum Gasteiger partial charge on any atom is -0.490 e. The molecule has 1 N–H and O–H groups in total. The van der Waals surface area contributed by atoms with Gasteiger partial charge in [0.15, 0.2) is 11.5 Å². The normalized spacial score (nSPS) is 17.8. The van der Waals surface area contributed by atoms with Crippen LogP contribution < -0.4 is 14.8 Å². The van der Waals surface area contributed by atoms with Crippen LogP contribution in [0.2, 0.25) is 0 Å². The van der Waals surface area contributed by atoms with Gasteiger partial charge in [-0.25, -0.2) is 0 Å². The third kappa shape index (κ3) is 3.70. The molecule has 0 unspecified atom stereocenters. The maximum atomic E-state index is 12.4. The van der Waals surface area contributed by atoms with Crippen molar-refractivity contribution >= 4 is 5.91 Å². The number of para-hydroxylation sites is 1. The number of nitrogens with one attached hydrogen (secondary N) is 1. The molecule has 1 saturated heterocycles. The lowest BCUT2D eigenvalue weighted by Crippen LogP contribution is -2.44. The second kappa shape index (κ2) is 7.83. The van der Waals surface area contributed by atoms with Crippen molar-refractivity contribution < 1.29 is 18.7 Å². The van der Waals surface area contributed by atoms with Crippen LogP contribution in [0, 0.1) is 0 Å². The summed E-state index contributed by atoms with van der Waals surface area (Å²) in [7, 11) is 0. The molecule has 2 aliphatic heterocycles. The van der Waals surface area contributed by atoms with Crippen LogP contribution >= 0.6 is 0 Å². The van der Waals surface area contributed by atoms with Gasteiger partial charge in [-0.3, -0.25) is 4.79 Å². The summed E-state index contributed by atoms with van der Waals surface area (Å²) in [5.41, 5.74) is 1.75. The molecule has 1 aromatic heterocycles. The molecule has 2 aromatic rings. The molecule has 4 rings (SSSR count). The van der Waals surface area contributed by atoms with Gasteiger partial charge < -0.3 is 24.1 Å². The van der Waals surface area contributed by atoms with E-state index in [1.807, 2.05) is 17.0 Å². The predicted molar refractivity (Wildman–Crippen MR) is 96.5 cm³/mol. The lowest BCUT2D eigenvalue weighted by Gasteiger charge is -2.32. The SMILES string of the molecule is O=C(c1ccoc1)N1CCC(NCc2cccc3c2OCCCO3)CC1. The van der Waals surface area contributed by atoms with E-state index in [9.17, 15) is 4.79 Å². The van der Waals surface area contributed by atoms with E-state index in [4.69, 9.17) is 13.9 Å². The first-order chi connectivity index (χ1) is 12.8. The van der Waals surface area contributed by atoms with E-state index in [-0.39, 0.29) is 5.91 Å². The molecule has 1 amide bonds. The third-order valence-corrected chi connectivity index (χ3v) is 4.98. The monoisotopic (exact) mass is 356 g/mol. The van der Waals surface area contributed by atoms with Gasteiger partial charge in [0, 0.05) is 37.7 Å². The molecule has 6 heteroatoms. The lowest BCUT2D eigenvalue weighted by molar-refractivity contribution is 0.0704. The summed E-state index contributed by atoms with van der Waals surface area (Å²) in [6.45, 7) is 3.65. The van der Waals surface area contributed by atoms with Gasteiger partial charge in [-0.1, -0.05) is 12.1 Å². The molecule has 0 spiro atoms. The van der Waals surface area contributed by atoms with E-state index in [0.29, 0.717) is 24.8 Å². The predicted octanol–water partition coefficient (Wildman–Crippen LogP) is 2.84. The van der Waals surface area contributed by atoms with E-state index >= 15 is 0 Å². The first kappa shape index (κ1) is 17.0. The summed E-state index contributed by atoms with van der Waals surface area (Å²) in [6.07, 6.45) is 5.84. The van der Waals surface area contributed by atoms with E-state index in [0.717, 1.165) is 56.0 Å². The molecular weight excluding hydrogens is 332 g/mol. The molecular formula is C20H24N2O4. The molecule has 6 nitrogen and oxygen atoms in total. The minimum atomic E-state index is 0.0520. The van der Waals surface area contributed by atoms with Crippen LogP contribution in [0.3, 0.4) is 0 Å². The van der Waals surface area contributed by atoms with Crippen LogP contribution in [-0.2, 0) is 6.54 Å². The zero-order valence-electron chi connectivity index (χ0n) is 14.8. The summed E-state index contributed by atoms with van der Waals surface area (Å²) < 4.78 is 16.6. The number of likely N-dealkylation sites (tertiary alicyclic amines) is 1. The van der Waals surface area contributed by atoms with Crippen molar-refractivity contribution in [2.45, 2.75) is 31.8 Å². The highest BCUT2D eigenvalue weighted by atomic mass is 16.5. The second-order valence-electron chi connectivity index (χ2n) is 6.75. The maximum Gasteiger partial charge on any atom is 0.257 e. The van der Waals surface area contributed by atoms with E-state index in [1.165, 1.54) is 12.5 Å². The standard InChI is InChI=1S/C20H24N2O4/c23-20(16-7-12-24-14-16)22-8-5-17(6-9-22)21-13-15-3-1-4-18-19(15)26-11-2-10-25-18/h1,3-4,7,12,14,17,21H,2,5-6,8-11,13H2. The fourth-order valence-electron chi connectivity index (χ4n) is 3.50. The second-order valence-corrected chi connectivity index (χ2v) is 6.75. The Morgan fingerprint density at radius 2 is 2.00 bits per heavy atom. The summed E-state index contributed by atoms with van der Waals surface area (Å²) in [6, 6.07) is 8.17. The zero-order chi connectivity index (χ0) is 17.8. The molecule has 138 valence electrons. The highest BCUT2D eigenvalue weighted by Crippen LogP contribution is 2.33. The van der Waals surface area contributed by atoms with Crippen molar-refractivity contribution in [2.24, 2.45) is 0 Å². The number of hydrogen-bond acceptors (Lipinski definition) is 5. The Kier molecular flexibility index (Phi) is 5.11. The number of amides is 1. The molecule has 26 heavy (non-hydrogen) atoms. The molecule has 0 saturated carbocycles. The van der Waals surface area contributed by atoms with Crippen LogP contribution in [0.15, 0.2) is 41.2 Å². The van der Waals surface area contributed by atoms with Crippen LogP contribution in [0.4, 0.5) is 0 Å². The van der Waals surface area contributed by atoms with Gasteiger partial charge in [-0.05, 0) is 25.0 Å². The number of rotatable bonds is 4. The molecule has 1 aromatic carbocycles. The summed E-state index contributed by atoms with van der Waals surface area (Å²) in [5.74, 6) is 1.75. The average Bonchev–Trinajstić information content (AvgIpc) is 3.11. The van der Waals surface area contributed by atoms with Crippen LogP contribution in [0.5, 0.6) is 11.5 Å². The van der Waals surface area contributed by atoms with Crippen molar-refractivity contribution in [3.8, 4) is 11.5 Å². The van der Waals surface area contributed by atoms with Crippen molar-refractivity contribution in [3.05, 3.63) is 47.9 Å². The smallest absolute Gasteiger partial charge is 0.257 e. The lowest BCUT2D eigenvalue weighted by atomic mass is 10.0. The van der Waals surface area contributed by atoms with Crippen molar-refractivity contribution in [3.63, 3.8) is 0 Å². The zero-order valence-corrected chi connectivity index (χ0v) is 14.8. The Hall–Kier alpha value is -2.47. The van der Waals surface area contributed by atoms with Crippen LogP contribution in [0.1, 0.15) is 35.2 Å². The van der Waals surface area contributed by atoms with Gasteiger partial charge in [0.2, 0.25) is 0 Å². The number of hydrogen-bond donors (Lipinski definition) is 1. The Morgan fingerprint density at radius 3 is 2.81 bits per heavy atom. The number of carbonyl (C=O) groups excluding carboxylic acids is 1. The Labute approximate surface area is 153 Å². The molecule has 0 bridgehead atoms. The molecule has 0 aliphatic carbocycles. The number of furan rings is 1. The summed E-state index contributed by atoms with van der Waals surface area (Å²) in [4.78, 5) is 14.3. The van der Waals surface area contributed by atoms with Gasteiger partial charge in [0.25, 0.3) is 5.91 Å². The van der Waals surface area contributed by atoms with E-state index < -0.39 is 0 Å². The van der Waals surface area contributed by atoms with Crippen LogP contribution in [0.25, 0.3) is 0 Å². The van der Waals surface area contributed by atoms with E-state index in [2.05, 4.69) is 11.4 Å². The molecule has 0 atom stereocenters. The number of ether oxygens (including phenoxy) is 2. The first-order valence-corrected chi connectivity index (χ1v) is 9.23. The van der Waals surface area contributed by atoms with Gasteiger partial charge in [0.1, 0.15) is 6.26 Å². The summed E-state index contributed by atoms with van der Waals surface area (Å²) >= 11 is 0. The van der Waals surface area contributed by atoms with Gasteiger partial charge >= 0.3 is 0 Å². The number of fused-ring (bicyclic) bond motifs is 1. The summed E-state index contributed by atoms with van der Waals surface area (Å²) in [5, 5.41) is 3.61. The maximum absolute atomic E-state index is 12.4. The number of benzene rings is 1. The van der Waals surface area contributed by atoms with Gasteiger partial charge in [-0.15, -0.1) is 0 Å². The Balaban J connectivity index is 1.31. The third-order valence-electron chi connectivity index (χ3n) is 4.98. The number of piperidine rings is 1. The highest BCUT2D eigenvalue weighted by molar-refractivity contribution is 5.93. The first-order valence-electron chi connectivity index (χ1n) is 9.23. The van der Waals surface area contributed by atoms with Crippen LogP contribution in [-0.4, -0.2) is 43.2 Å². The average molecular weight is 356 g/mol. The Morgan fingerprint density at radius 1 is 1.15 bits per heavy atom. The molecule has 0 radical (unpaired) electrons. The fourth-order valence-corrected chi connectivity index (χ4v) is 3.50. The van der Waals surface area contributed by atoms with E-state index in [1.54, 1.807) is 6.07 Å². The fraction of sp³-hybridized carbons (Fsp3) is 0.450. The largest absolute Gasteiger partial charge is 0.490 e. The van der Waals surface area contributed by atoms with Gasteiger partial charge in [0.05, 0.1) is 25.0 Å². The van der Waals surface area contributed by atoms with Crippen molar-refractivity contribution in [1.82, 2.24) is 10.2 Å². The highest BCUT2D eigenvalue weighted by Gasteiger charge is 2.24. The van der Waals surface area contributed by atoms with Crippen molar-refractivity contribution in [2.75, 3.05) is 26.3 Å².